The van der Waals surface area contributed by atoms with Crippen molar-refractivity contribution in [2.45, 2.75) is 306 Å². The normalized spacial score (nSPS) is 24.9. The monoisotopic (exact) mass is 1040 g/mol. The van der Waals surface area contributed by atoms with Gasteiger partial charge in [-0.2, -0.15) is 0 Å². The minimum absolute atomic E-state index is 0.152. The lowest BCUT2D eigenvalue weighted by Crippen LogP contribution is -2.61. The first-order chi connectivity index (χ1) is 35.5. The fourth-order valence-electron chi connectivity index (χ4n) is 9.37. The topological polar surface area (TPSA) is 231 Å². The van der Waals surface area contributed by atoms with Gasteiger partial charge in [0.2, 0.25) is 0 Å². The highest BCUT2D eigenvalue weighted by molar-refractivity contribution is 5.70. The summed E-state index contributed by atoms with van der Waals surface area (Å²) in [5, 5.41) is 72.3. The molecule has 2 fully saturated rings. The van der Waals surface area contributed by atoms with Gasteiger partial charge < -0.3 is 64.2 Å². The van der Waals surface area contributed by atoms with Gasteiger partial charge in [-0.15, -0.1) is 0 Å². The molecule has 0 aromatic heterocycles. The number of allylic oxidation sites excluding steroid dienone is 4. The Morgan fingerprint density at radius 3 is 1.29 bits per heavy atom. The summed E-state index contributed by atoms with van der Waals surface area (Å²) in [6.07, 6.45) is 32.0. The minimum atomic E-state index is -1.77. The van der Waals surface area contributed by atoms with Crippen molar-refractivity contribution in [2.24, 2.45) is 0 Å². The number of carbonyl (C=O) groups excluding carboxylic acids is 2. The lowest BCUT2D eigenvalue weighted by Gasteiger charge is -2.42. The maximum atomic E-state index is 13.0. The van der Waals surface area contributed by atoms with Crippen LogP contribution in [0.15, 0.2) is 24.3 Å². The molecule has 2 aliphatic heterocycles. The zero-order valence-electron chi connectivity index (χ0n) is 45.6. The first kappa shape index (κ1) is 67.1. The third-order valence-corrected chi connectivity index (χ3v) is 14.2. The van der Waals surface area contributed by atoms with Gasteiger partial charge >= 0.3 is 11.9 Å². The van der Waals surface area contributed by atoms with Crippen LogP contribution in [0.4, 0.5) is 0 Å². The average molecular weight is 1040 g/mol. The van der Waals surface area contributed by atoms with Gasteiger partial charge in [0, 0.05) is 12.8 Å². The molecule has 428 valence electrons. The molecule has 2 heterocycles. The third-order valence-electron chi connectivity index (χ3n) is 14.2. The van der Waals surface area contributed by atoms with Gasteiger partial charge in [0.1, 0.15) is 55.4 Å². The second-order valence-corrected chi connectivity index (χ2v) is 20.8. The van der Waals surface area contributed by atoms with E-state index >= 15 is 0 Å². The van der Waals surface area contributed by atoms with Crippen molar-refractivity contribution in [1.82, 2.24) is 0 Å². The molecule has 2 aliphatic rings. The van der Waals surface area contributed by atoms with E-state index in [-0.39, 0.29) is 26.1 Å². The number of rotatable bonds is 47. The van der Waals surface area contributed by atoms with E-state index in [1.54, 1.807) is 0 Å². The largest absolute Gasteiger partial charge is 0.462 e. The van der Waals surface area contributed by atoms with E-state index in [1.165, 1.54) is 135 Å². The molecule has 11 unspecified atom stereocenters. The van der Waals surface area contributed by atoms with Gasteiger partial charge in [0.15, 0.2) is 18.7 Å². The number of esters is 2. The molecule has 73 heavy (non-hydrogen) atoms. The second-order valence-electron chi connectivity index (χ2n) is 20.8. The SMILES string of the molecule is CCCCCC/C=C\C/C=C\CCCCCCCC(=O)OC(COC(=O)CCCCCCCCCCCCCCCCCCCCCCC)COC1OC(COC2OC(CO)C(O)C(O)C2O)C(O)C(O)C1O. The van der Waals surface area contributed by atoms with Crippen LogP contribution in [0.2, 0.25) is 0 Å². The lowest BCUT2D eigenvalue weighted by atomic mass is 9.98. The molecule has 7 N–H and O–H groups in total. The van der Waals surface area contributed by atoms with E-state index in [1.807, 2.05) is 0 Å². The minimum Gasteiger partial charge on any atom is -0.462 e. The van der Waals surface area contributed by atoms with E-state index in [4.69, 9.17) is 28.4 Å². The van der Waals surface area contributed by atoms with E-state index in [2.05, 4.69) is 38.2 Å². The van der Waals surface area contributed by atoms with Crippen LogP contribution in [-0.2, 0) is 38.0 Å². The maximum Gasteiger partial charge on any atom is 0.306 e. The summed E-state index contributed by atoms with van der Waals surface area (Å²) in [6.45, 7) is 2.60. The Bertz CT molecular complexity index is 1360. The Hall–Kier alpha value is -2.02. The van der Waals surface area contributed by atoms with Gasteiger partial charge in [0.25, 0.3) is 0 Å². The van der Waals surface area contributed by atoms with Crippen molar-refractivity contribution in [1.29, 1.82) is 0 Å². The van der Waals surface area contributed by atoms with E-state index in [9.17, 15) is 45.3 Å². The fourth-order valence-corrected chi connectivity index (χ4v) is 9.37. The Balaban J connectivity index is 1.74. The smallest absolute Gasteiger partial charge is 0.306 e. The molecular formula is C58H106O15. The van der Waals surface area contributed by atoms with Crippen molar-refractivity contribution in [2.75, 3.05) is 26.4 Å². The molecule has 15 heteroatoms. The summed E-state index contributed by atoms with van der Waals surface area (Å²) in [6, 6.07) is 0. The molecule has 15 nitrogen and oxygen atoms in total. The van der Waals surface area contributed by atoms with Crippen molar-refractivity contribution >= 4 is 11.9 Å². The van der Waals surface area contributed by atoms with Crippen molar-refractivity contribution in [3.8, 4) is 0 Å². The van der Waals surface area contributed by atoms with Crippen LogP contribution in [0, 0.1) is 0 Å². The predicted octanol–water partition coefficient (Wildman–Crippen LogP) is 9.89. The van der Waals surface area contributed by atoms with Crippen molar-refractivity contribution in [3.63, 3.8) is 0 Å². The first-order valence-electron chi connectivity index (χ1n) is 29.4. The summed E-state index contributed by atoms with van der Waals surface area (Å²) < 4.78 is 33.7. The van der Waals surface area contributed by atoms with Gasteiger partial charge in [-0.25, -0.2) is 0 Å². The van der Waals surface area contributed by atoms with Crippen molar-refractivity contribution in [3.05, 3.63) is 24.3 Å². The van der Waals surface area contributed by atoms with Crippen LogP contribution >= 0.6 is 0 Å². The zero-order chi connectivity index (χ0) is 53.2. The van der Waals surface area contributed by atoms with E-state index < -0.39 is 92.7 Å². The number of hydrogen-bond donors (Lipinski definition) is 7. The van der Waals surface area contributed by atoms with Crippen LogP contribution in [0.5, 0.6) is 0 Å². The van der Waals surface area contributed by atoms with Crippen LogP contribution < -0.4 is 0 Å². The first-order valence-corrected chi connectivity index (χ1v) is 29.4. The van der Waals surface area contributed by atoms with Crippen LogP contribution in [0.3, 0.4) is 0 Å². The number of aliphatic hydroxyl groups excluding tert-OH is 7. The number of hydrogen-bond acceptors (Lipinski definition) is 15. The van der Waals surface area contributed by atoms with Crippen molar-refractivity contribution < 1.29 is 73.8 Å². The number of aliphatic hydroxyl groups is 7. The van der Waals surface area contributed by atoms with E-state index in [0.717, 1.165) is 64.2 Å². The molecular weight excluding hydrogens is 937 g/mol. The van der Waals surface area contributed by atoms with Gasteiger partial charge in [-0.3, -0.25) is 9.59 Å². The molecule has 0 amide bonds. The standard InChI is InChI=1S/C58H106O15/c1-3-5-7-9-11-13-15-17-19-21-22-23-24-25-27-28-30-32-34-36-38-40-49(60)68-43-46(71-50(61)41-39-37-35-33-31-29-26-20-18-16-14-12-10-8-6-4-2)44-69-57-56(67)54(65)52(63)48(73-57)45-70-58-55(66)53(64)51(62)47(42-59)72-58/h14,16,20,26,46-48,51-59,62-67H,3-13,15,17-19,21-25,27-45H2,1-2H3/b16-14-,26-20-. The number of carbonyl (C=O) groups is 2. The molecule has 0 aromatic carbocycles. The third kappa shape index (κ3) is 32.4. The Morgan fingerprint density at radius 2 is 0.822 bits per heavy atom. The molecule has 2 saturated heterocycles. The number of unbranched alkanes of at least 4 members (excludes halogenated alkanes) is 29. The molecule has 0 aliphatic carbocycles. The fraction of sp³-hybridized carbons (Fsp3) is 0.897. The zero-order valence-corrected chi connectivity index (χ0v) is 45.6. The molecule has 0 spiro atoms. The van der Waals surface area contributed by atoms with E-state index in [0.29, 0.717) is 12.8 Å². The lowest BCUT2D eigenvalue weighted by molar-refractivity contribution is -0.332. The highest BCUT2D eigenvalue weighted by atomic mass is 16.7. The van der Waals surface area contributed by atoms with Gasteiger partial charge in [0.05, 0.1) is 19.8 Å². The quantitative estimate of drug-likeness (QED) is 0.0171. The molecule has 0 bridgehead atoms. The van der Waals surface area contributed by atoms with Crippen LogP contribution in [0.1, 0.15) is 239 Å². The Kier molecular flexibility index (Phi) is 41.4. The summed E-state index contributed by atoms with van der Waals surface area (Å²) in [4.78, 5) is 25.9. The highest BCUT2D eigenvalue weighted by Gasteiger charge is 2.47. The summed E-state index contributed by atoms with van der Waals surface area (Å²) in [5.41, 5.74) is 0. The molecule has 0 aromatic rings. The van der Waals surface area contributed by atoms with Gasteiger partial charge in [-0.05, 0) is 44.9 Å². The molecule has 0 saturated carbocycles. The summed E-state index contributed by atoms with van der Waals surface area (Å²) >= 11 is 0. The Morgan fingerprint density at radius 1 is 0.438 bits per heavy atom. The highest BCUT2D eigenvalue weighted by Crippen LogP contribution is 2.27. The molecule has 11 atom stereocenters. The summed E-state index contributed by atoms with van der Waals surface area (Å²) in [7, 11) is 0. The van der Waals surface area contributed by atoms with Gasteiger partial charge in [-0.1, -0.05) is 205 Å². The predicted molar refractivity (Wildman–Crippen MR) is 284 cm³/mol. The molecule has 0 radical (unpaired) electrons. The number of ether oxygens (including phenoxy) is 6. The maximum absolute atomic E-state index is 13.0. The van der Waals surface area contributed by atoms with Crippen LogP contribution in [-0.4, -0.2) is 142 Å². The molecule has 2 rings (SSSR count). The second kappa shape index (κ2) is 45.0. The summed E-state index contributed by atoms with van der Waals surface area (Å²) in [5.74, 6) is -0.928. The van der Waals surface area contributed by atoms with Crippen LogP contribution in [0.25, 0.3) is 0 Å². The average Bonchev–Trinajstić information content (AvgIpc) is 3.38. The Labute approximate surface area is 441 Å².